The lowest BCUT2D eigenvalue weighted by molar-refractivity contribution is -0.383. The van der Waals surface area contributed by atoms with E-state index in [0.29, 0.717) is 0 Å². The zero-order chi connectivity index (χ0) is 14.0. The highest BCUT2D eigenvalue weighted by molar-refractivity contribution is 7.13. The summed E-state index contributed by atoms with van der Waals surface area (Å²) in [6, 6.07) is 2.30. The summed E-state index contributed by atoms with van der Waals surface area (Å²) in [5.74, 6) is -0.582. The Hall–Kier alpha value is -2.26. The molecule has 0 aliphatic heterocycles. The summed E-state index contributed by atoms with van der Waals surface area (Å²) in [5.41, 5.74) is 6.31. The smallest absolute Gasteiger partial charge is 0.294 e. The fourth-order valence-corrected chi connectivity index (χ4v) is 1.94. The lowest BCUT2D eigenvalue weighted by atomic mass is 10.1. The van der Waals surface area contributed by atoms with Crippen molar-refractivity contribution in [1.29, 1.82) is 0 Å². The molecule has 0 saturated heterocycles. The van der Waals surface area contributed by atoms with E-state index < -0.39 is 16.5 Å². The molecule has 0 aliphatic rings. The molecule has 8 nitrogen and oxygen atoms in total. The van der Waals surface area contributed by atoms with E-state index in [4.69, 9.17) is 17.3 Å². The molecule has 2 rings (SSSR count). The van der Waals surface area contributed by atoms with E-state index in [2.05, 4.69) is 15.5 Å². The molecule has 0 atom stereocenters. The highest BCUT2D eigenvalue weighted by atomic mass is 35.5. The van der Waals surface area contributed by atoms with Crippen LogP contribution in [0.4, 0.5) is 16.5 Å². The Labute approximate surface area is 115 Å². The maximum atomic E-state index is 11.9. The molecule has 0 unspecified atom stereocenters. The van der Waals surface area contributed by atoms with Gasteiger partial charge in [-0.1, -0.05) is 22.9 Å². The number of nitro groups is 1. The van der Waals surface area contributed by atoms with Crippen LogP contribution >= 0.6 is 22.9 Å². The van der Waals surface area contributed by atoms with Crippen LogP contribution in [0.3, 0.4) is 0 Å². The Morgan fingerprint density at radius 1 is 1.53 bits per heavy atom. The molecule has 0 saturated carbocycles. The first-order valence-corrected chi connectivity index (χ1v) is 6.05. The van der Waals surface area contributed by atoms with Gasteiger partial charge in [-0.2, -0.15) is 0 Å². The molecule has 1 aromatic heterocycles. The number of anilines is 2. The van der Waals surface area contributed by atoms with Gasteiger partial charge in [0, 0.05) is 11.6 Å². The Bertz CT molecular complexity index is 646. The first kappa shape index (κ1) is 13.2. The molecular weight excluding hydrogens is 294 g/mol. The normalized spacial score (nSPS) is 10.2. The summed E-state index contributed by atoms with van der Waals surface area (Å²) >= 11 is 6.87. The molecule has 3 N–H and O–H groups in total. The predicted molar refractivity (Wildman–Crippen MR) is 70.4 cm³/mol. The average molecular weight is 300 g/mol. The number of halogens is 1. The van der Waals surface area contributed by atoms with Gasteiger partial charge in [0.05, 0.1) is 9.95 Å². The molecule has 19 heavy (non-hydrogen) atoms. The number of hydrogen-bond acceptors (Lipinski definition) is 7. The summed E-state index contributed by atoms with van der Waals surface area (Å²) in [5, 5.41) is 20.6. The van der Waals surface area contributed by atoms with Crippen LogP contribution < -0.4 is 11.1 Å². The minimum atomic E-state index is -0.705. The number of nitro benzene ring substituents is 1. The molecule has 0 spiro atoms. The quantitative estimate of drug-likeness (QED) is 0.507. The standard InChI is InChI=1S/C9H6ClN5O3S/c10-5-1-4(2-6(7(5)11)15(17)18)8(16)13-9-14-12-3-19-9/h1-3H,11H2,(H,13,14,16). The maximum absolute atomic E-state index is 11.9. The number of amides is 1. The number of nitrogens with one attached hydrogen (secondary N) is 1. The number of aromatic nitrogens is 2. The second-order valence-electron chi connectivity index (χ2n) is 3.35. The highest BCUT2D eigenvalue weighted by Crippen LogP contribution is 2.31. The zero-order valence-corrected chi connectivity index (χ0v) is 10.7. The number of nitrogen functional groups attached to an aromatic ring is 1. The molecule has 0 aliphatic carbocycles. The molecule has 0 fully saturated rings. The van der Waals surface area contributed by atoms with Crippen LogP contribution in [0, 0.1) is 10.1 Å². The van der Waals surface area contributed by atoms with Crippen molar-refractivity contribution in [2.24, 2.45) is 0 Å². The van der Waals surface area contributed by atoms with Gasteiger partial charge in [0.2, 0.25) is 5.13 Å². The van der Waals surface area contributed by atoms with E-state index in [1.54, 1.807) is 0 Å². The number of hydrogen-bond donors (Lipinski definition) is 2. The summed E-state index contributed by atoms with van der Waals surface area (Å²) in [4.78, 5) is 21.9. The van der Waals surface area contributed by atoms with E-state index in [-0.39, 0.29) is 21.4 Å². The fourth-order valence-electron chi connectivity index (χ4n) is 1.28. The maximum Gasteiger partial charge on any atom is 0.294 e. The van der Waals surface area contributed by atoms with Crippen molar-refractivity contribution >= 4 is 45.4 Å². The van der Waals surface area contributed by atoms with Crippen molar-refractivity contribution in [3.63, 3.8) is 0 Å². The van der Waals surface area contributed by atoms with Gasteiger partial charge in [-0.25, -0.2) is 0 Å². The monoisotopic (exact) mass is 299 g/mol. The number of benzene rings is 1. The van der Waals surface area contributed by atoms with E-state index in [9.17, 15) is 14.9 Å². The van der Waals surface area contributed by atoms with Crippen LogP contribution in [-0.4, -0.2) is 21.0 Å². The third kappa shape index (κ3) is 2.77. The number of carbonyl (C=O) groups is 1. The zero-order valence-electron chi connectivity index (χ0n) is 9.16. The second-order valence-corrected chi connectivity index (χ2v) is 4.59. The van der Waals surface area contributed by atoms with Crippen LogP contribution in [0.2, 0.25) is 5.02 Å². The topological polar surface area (TPSA) is 124 Å². The molecule has 1 aromatic carbocycles. The summed E-state index contributed by atoms with van der Waals surface area (Å²) < 4.78 is 0. The summed E-state index contributed by atoms with van der Waals surface area (Å²) in [6.07, 6.45) is 0. The molecular formula is C9H6ClN5O3S. The Morgan fingerprint density at radius 3 is 2.84 bits per heavy atom. The van der Waals surface area contributed by atoms with Crippen molar-refractivity contribution in [3.8, 4) is 0 Å². The Morgan fingerprint density at radius 2 is 2.26 bits per heavy atom. The molecule has 1 amide bonds. The molecule has 98 valence electrons. The number of nitrogens with two attached hydrogens (primary N) is 1. The van der Waals surface area contributed by atoms with E-state index >= 15 is 0 Å². The lowest BCUT2D eigenvalue weighted by Gasteiger charge is -2.04. The third-order valence-electron chi connectivity index (χ3n) is 2.15. The summed E-state index contributed by atoms with van der Waals surface area (Å²) in [7, 11) is 0. The predicted octanol–water partition coefficient (Wildman–Crippen LogP) is 1.93. The number of nitrogens with zero attached hydrogens (tertiary/aromatic N) is 3. The molecule has 10 heteroatoms. The Balaban J connectivity index is 2.35. The average Bonchev–Trinajstić information content (AvgIpc) is 2.84. The van der Waals surface area contributed by atoms with Crippen molar-refractivity contribution in [2.75, 3.05) is 11.1 Å². The second kappa shape index (κ2) is 5.16. The lowest BCUT2D eigenvalue weighted by Crippen LogP contribution is -2.12. The van der Waals surface area contributed by atoms with Crippen molar-refractivity contribution < 1.29 is 9.72 Å². The van der Waals surface area contributed by atoms with Crippen LogP contribution in [0.1, 0.15) is 10.4 Å². The third-order valence-corrected chi connectivity index (χ3v) is 3.07. The SMILES string of the molecule is Nc1c(Cl)cc(C(=O)Nc2nncs2)cc1[N+](=O)[O-]. The van der Waals surface area contributed by atoms with Crippen LogP contribution in [0.5, 0.6) is 0 Å². The van der Waals surface area contributed by atoms with Crippen molar-refractivity contribution in [3.05, 3.63) is 38.3 Å². The number of rotatable bonds is 3. The largest absolute Gasteiger partial charge is 0.392 e. The van der Waals surface area contributed by atoms with Gasteiger partial charge in [-0.3, -0.25) is 20.2 Å². The minimum Gasteiger partial charge on any atom is -0.392 e. The van der Waals surface area contributed by atoms with Gasteiger partial charge in [0.25, 0.3) is 11.6 Å². The Kier molecular flexibility index (Phi) is 3.58. The highest BCUT2D eigenvalue weighted by Gasteiger charge is 2.19. The van der Waals surface area contributed by atoms with Gasteiger partial charge in [0.1, 0.15) is 11.2 Å². The van der Waals surface area contributed by atoms with Crippen LogP contribution in [0.25, 0.3) is 0 Å². The minimum absolute atomic E-state index is 0.0149. The van der Waals surface area contributed by atoms with Gasteiger partial charge < -0.3 is 5.73 Å². The van der Waals surface area contributed by atoms with E-state index in [0.717, 1.165) is 17.4 Å². The van der Waals surface area contributed by atoms with Crippen molar-refractivity contribution in [2.45, 2.75) is 0 Å². The first-order chi connectivity index (χ1) is 8.99. The van der Waals surface area contributed by atoms with Crippen molar-refractivity contribution in [1.82, 2.24) is 10.2 Å². The van der Waals surface area contributed by atoms with Crippen LogP contribution in [0.15, 0.2) is 17.6 Å². The molecule has 1 heterocycles. The van der Waals surface area contributed by atoms with Crippen LogP contribution in [-0.2, 0) is 0 Å². The van der Waals surface area contributed by atoms with Gasteiger partial charge in [-0.15, -0.1) is 10.2 Å². The molecule has 0 bridgehead atoms. The number of carbonyl (C=O) groups excluding carboxylic acids is 1. The van der Waals surface area contributed by atoms with Gasteiger partial charge >= 0.3 is 0 Å². The molecule has 0 radical (unpaired) electrons. The van der Waals surface area contributed by atoms with E-state index in [1.165, 1.54) is 11.6 Å². The van der Waals surface area contributed by atoms with E-state index in [1.807, 2.05) is 0 Å². The summed E-state index contributed by atoms with van der Waals surface area (Å²) in [6.45, 7) is 0. The molecule has 2 aromatic rings. The fraction of sp³-hybridized carbons (Fsp3) is 0. The first-order valence-electron chi connectivity index (χ1n) is 4.80. The van der Waals surface area contributed by atoms with Gasteiger partial charge in [0.15, 0.2) is 0 Å². The van der Waals surface area contributed by atoms with Gasteiger partial charge in [-0.05, 0) is 6.07 Å².